The van der Waals surface area contributed by atoms with Gasteiger partial charge in [0.15, 0.2) is 0 Å². The molecule has 2 aromatic carbocycles. The number of hydrogen-bond donors (Lipinski definition) is 0. The third-order valence-electron chi connectivity index (χ3n) is 6.95. The Morgan fingerprint density at radius 3 is 2.44 bits per heavy atom. The number of rotatable bonds is 6. The van der Waals surface area contributed by atoms with Crippen LogP contribution in [-0.2, 0) is 16.1 Å². The third kappa shape index (κ3) is 4.34. The Kier molecular flexibility index (Phi) is 6.43. The van der Waals surface area contributed by atoms with E-state index in [1.165, 1.54) is 0 Å². The van der Waals surface area contributed by atoms with Gasteiger partial charge in [-0.05, 0) is 44.2 Å². The number of likely N-dealkylation sites (tertiary alicyclic amines) is 2. The van der Waals surface area contributed by atoms with Crippen molar-refractivity contribution in [1.82, 2.24) is 19.4 Å². The Bertz CT molecular complexity index is 1250. The third-order valence-corrected chi connectivity index (χ3v) is 6.95. The molecule has 7 heteroatoms. The minimum absolute atomic E-state index is 0.00439. The molecule has 1 atom stereocenters. The molecule has 0 bridgehead atoms. The first kappa shape index (κ1) is 22.3. The molecular weight excluding hydrogens is 428 g/mol. The normalized spacial score (nSPS) is 18.1. The van der Waals surface area contributed by atoms with Gasteiger partial charge in [-0.25, -0.2) is 4.98 Å². The molecule has 1 aromatic heterocycles. The Morgan fingerprint density at radius 2 is 1.65 bits per heavy atom. The fourth-order valence-electron chi connectivity index (χ4n) is 5.20. The Morgan fingerprint density at radius 1 is 0.912 bits per heavy atom. The molecule has 3 heterocycles. The molecule has 0 radical (unpaired) electrons. The molecule has 2 aliphatic rings. The summed E-state index contributed by atoms with van der Waals surface area (Å²) in [5.74, 6) is 0.108. The summed E-state index contributed by atoms with van der Waals surface area (Å²) in [6.45, 7) is 2.67. The summed E-state index contributed by atoms with van der Waals surface area (Å²) in [5.41, 5.74) is 2.57. The lowest BCUT2D eigenvalue weighted by atomic mass is 10.1. The number of para-hydroxylation sites is 2. The highest BCUT2D eigenvalue weighted by atomic mass is 16.2. The number of aromatic nitrogens is 2. The second-order valence-corrected chi connectivity index (χ2v) is 9.15. The molecule has 0 saturated carbocycles. The zero-order valence-corrected chi connectivity index (χ0v) is 19.4. The first-order valence-corrected chi connectivity index (χ1v) is 12.3. The number of benzene rings is 2. The van der Waals surface area contributed by atoms with Gasteiger partial charge in [0.2, 0.25) is 11.8 Å². The van der Waals surface area contributed by atoms with Crippen LogP contribution in [0.2, 0.25) is 0 Å². The van der Waals surface area contributed by atoms with Gasteiger partial charge in [0.25, 0.3) is 5.56 Å². The number of hydrogen-bond acceptors (Lipinski definition) is 4. The van der Waals surface area contributed by atoms with Gasteiger partial charge >= 0.3 is 0 Å². The van der Waals surface area contributed by atoms with Crippen molar-refractivity contribution in [3.05, 3.63) is 65.0 Å². The Balaban J connectivity index is 1.32. The summed E-state index contributed by atoms with van der Waals surface area (Å²) in [6.07, 6.45) is 4.55. The van der Waals surface area contributed by atoms with E-state index in [1.807, 2.05) is 59.5 Å². The van der Waals surface area contributed by atoms with Crippen molar-refractivity contribution in [2.24, 2.45) is 0 Å². The topological polar surface area (TPSA) is 75.5 Å². The molecule has 2 saturated heterocycles. The lowest BCUT2D eigenvalue weighted by Gasteiger charge is -2.28. The quantitative estimate of drug-likeness (QED) is 0.567. The maximum absolute atomic E-state index is 13.4. The molecule has 7 nitrogen and oxygen atoms in total. The maximum atomic E-state index is 13.4. The lowest BCUT2D eigenvalue weighted by Crippen LogP contribution is -2.47. The van der Waals surface area contributed by atoms with E-state index < -0.39 is 0 Å². The van der Waals surface area contributed by atoms with Crippen molar-refractivity contribution in [2.45, 2.75) is 51.1 Å². The predicted octanol–water partition coefficient (Wildman–Crippen LogP) is 3.46. The Hall–Kier alpha value is -3.48. The van der Waals surface area contributed by atoms with E-state index in [1.54, 1.807) is 9.47 Å². The number of nitrogens with zero attached hydrogens (tertiary/aromatic N) is 4. The van der Waals surface area contributed by atoms with Crippen molar-refractivity contribution in [2.75, 3.05) is 19.6 Å². The second-order valence-electron chi connectivity index (χ2n) is 9.15. The van der Waals surface area contributed by atoms with Crippen molar-refractivity contribution in [1.29, 1.82) is 0 Å². The average molecular weight is 459 g/mol. The highest BCUT2D eigenvalue weighted by molar-refractivity contribution is 5.88. The minimum atomic E-state index is -0.320. The fourth-order valence-corrected chi connectivity index (χ4v) is 5.20. The molecule has 2 fully saturated rings. The number of carbonyl (C=O) groups excluding carboxylic acids is 2. The van der Waals surface area contributed by atoms with E-state index in [0.717, 1.165) is 55.4 Å². The number of fused-ring (bicyclic) bond motifs is 1. The lowest BCUT2D eigenvalue weighted by molar-refractivity contribution is -0.143. The van der Waals surface area contributed by atoms with E-state index in [2.05, 4.69) is 4.98 Å². The smallest absolute Gasteiger partial charge is 0.277 e. The van der Waals surface area contributed by atoms with Gasteiger partial charge in [-0.15, -0.1) is 0 Å². The molecule has 0 aliphatic carbocycles. The molecule has 0 N–H and O–H groups in total. The first-order valence-electron chi connectivity index (χ1n) is 12.3. The van der Waals surface area contributed by atoms with E-state index in [9.17, 15) is 14.4 Å². The van der Waals surface area contributed by atoms with Crippen LogP contribution in [0.15, 0.2) is 59.4 Å². The first-order chi connectivity index (χ1) is 16.6. The van der Waals surface area contributed by atoms with Gasteiger partial charge in [0, 0.05) is 38.2 Å². The van der Waals surface area contributed by atoms with Gasteiger partial charge < -0.3 is 14.4 Å². The number of aryl methyl sites for hydroxylation is 1. The summed E-state index contributed by atoms with van der Waals surface area (Å²) >= 11 is 0. The van der Waals surface area contributed by atoms with Crippen molar-refractivity contribution in [3.8, 4) is 11.3 Å². The fraction of sp³-hybridized carbons (Fsp3) is 0.407. The molecule has 3 aromatic rings. The van der Waals surface area contributed by atoms with Crippen LogP contribution in [0.4, 0.5) is 0 Å². The molecular formula is C27H30N4O3. The second kappa shape index (κ2) is 9.79. The van der Waals surface area contributed by atoms with Crippen LogP contribution in [0.3, 0.4) is 0 Å². The average Bonchev–Trinajstić information content (AvgIpc) is 3.58. The molecule has 2 aliphatic heterocycles. The van der Waals surface area contributed by atoms with Crippen LogP contribution in [0.5, 0.6) is 0 Å². The molecule has 176 valence electrons. The van der Waals surface area contributed by atoms with Gasteiger partial charge in [-0.3, -0.25) is 14.4 Å². The SMILES string of the molecule is O=C(C1CCCN1C(=O)CCCn1c(=O)c(-c2ccccc2)nc2ccccc21)N1CCCC1. The van der Waals surface area contributed by atoms with Gasteiger partial charge in [0.1, 0.15) is 11.7 Å². The van der Waals surface area contributed by atoms with E-state index in [-0.39, 0.29) is 23.4 Å². The molecule has 5 rings (SSSR count). The van der Waals surface area contributed by atoms with Crippen molar-refractivity contribution >= 4 is 22.8 Å². The van der Waals surface area contributed by atoms with E-state index in [0.29, 0.717) is 31.6 Å². The number of carbonyl (C=O) groups is 2. The van der Waals surface area contributed by atoms with Gasteiger partial charge in [0.05, 0.1) is 11.0 Å². The van der Waals surface area contributed by atoms with Crippen LogP contribution in [0.1, 0.15) is 38.5 Å². The zero-order chi connectivity index (χ0) is 23.5. The summed E-state index contributed by atoms with van der Waals surface area (Å²) in [7, 11) is 0. The van der Waals surface area contributed by atoms with Crippen molar-refractivity contribution in [3.63, 3.8) is 0 Å². The molecule has 2 amide bonds. The van der Waals surface area contributed by atoms with E-state index >= 15 is 0 Å². The van der Waals surface area contributed by atoms with Crippen LogP contribution in [-0.4, -0.2) is 56.8 Å². The van der Waals surface area contributed by atoms with Gasteiger partial charge in [-0.1, -0.05) is 42.5 Å². The summed E-state index contributed by atoms with van der Waals surface area (Å²) in [5, 5.41) is 0. The van der Waals surface area contributed by atoms with Crippen LogP contribution >= 0.6 is 0 Å². The standard InChI is InChI=1S/C27H30N4O3/c32-24(30-18-8-14-23(30)26(33)29-16-6-7-17-29)15-9-19-31-22-13-5-4-12-21(22)28-25(27(31)34)20-10-2-1-3-11-20/h1-5,10-13,23H,6-9,14-19H2. The summed E-state index contributed by atoms with van der Waals surface area (Å²) in [6, 6.07) is 16.8. The largest absolute Gasteiger partial charge is 0.341 e. The van der Waals surface area contributed by atoms with Crippen LogP contribution < -0.4 is 5.56 Å². The highest BCUT2D eigenvalue weighted by Crippen LogP contribution is 2.23. The monoisotopic (exact) mass is 458 g/mol. The zero-order valence-electron chi connectivity index (χ0n) is 19.4. The summed E-state index contributed by atoms with van der Waals surface area (Å²) in [4.78, 5) is 47.6. The predicted molar refractivity (Wildman–Crippen MR) is 131 cm³/mol. The molecule has 34 heavy (non-hydrogen) atoms. The number of amides is 2. The van der Waals surface area contributed by atoms with Crippen LogP contribution in [0.25, 0.3) is 22.3 Å². The van der Waals surface area contributed by atoms with Crippen LogP contribution in [0, 0.1) is 0 Å². The van der Waals surface area contributed by atoms with Crippen molar-refractivity contribution < 1.29 is 9.59 Å². The maximum Gasteiger partial charge on any atom is 0.277 e. The minimum Gasteiger partial charge on any atom is -0.341 e. The summed E-state index contributed by atoms with van der Waals surface area (Å²) < 4.78 is 1.73. The Labute approximate surface area is 199 Å². The van der Waals surface area contributed by atoms with E-state index in [4.69, 9.17) is 0 Å². The molecule has 0 spiro atoms. The molecule has 1 unspecified atom stereocenters. The highest BCUT2D eigenvalue weighted by Gasteiger charge is 2.36. The van der Waals surface area contributed by atoms with Gasteiger partial charge in [-0.2, -0.15) is 0 Å².